The molecular weight excluding hydrogens is 347 g/mol. The van der Waals surface area contributed by atoms with E-state index in [1.165, 1.54) is 0 Å². The molecule has 0 saturated heterocycles. The molecule has 124 valence electrons. The van der Waals surface area contributed by atoms with Gasteiger partial charge in [0.05, 0.1) is 11.7 Å². The van der Waals surface area contributed by atoms with Gasteiger partial charge in [0.1, 0.15) is 6.61 Å². The maximum absolute atomic E-state index is 12.6. The van der Waals surface area contributed by atoms with Crippen LogP contribution in [0.4, 0.5) is 18.0 Å². The minimum Gasteiger partial charge on any atom is -0.445 e. The molecule has 10 heteroatoms. The molecule has 0 aliphatic heterocycles. The van der Waals surface area contributed by atoms with E-state index in [-0.39, 0.29) is 6.61 Å². The van der Waals surface area contributed by atoms with Crippen molar-refractivity contribution in [2.75, 3.05) is 12.3 Å². The summed E-state index contributed by atoms with van der Waals surface area (Å²) in [7, 11) is 0.469. The van der Waals surface area contributed by atoms with Crippen molar-refractivity contribution in [1.82, 2.24) is 5.32 Å². The Bertz CT molecular complexity index is 592. The number of halogens is 4. The SMILES string of the molecule is O=C(NCC(CS(=O)(=O)Cl)C(F)(F)F)OCc1ccccc1. The first-order chi connectivity index (χ1) is 10.1. The predicted octanol–water partition coefficient (Wildman–Crippen LogP) is 2.66. The number of rotatable bonds is 6. The van der Waals surface area contributed by atoms with Gasteiger partial charge < -0.3 is 10.1 Å². The maximum atomic E-state index is 12.6. The van der Waals surface area contributed by atoms with Gasteiger partial charge in [0.2, 0.25) is 9.05 Å². The van der Waals surface area contributed by atoms with E-state index in [2.05, 4.69) is 0 Å². The van der Waals surface area contributed by atoms with Gasteiger partial charge in [0.25, 0.3) is 0 Å². The molecule has 1 rings (SSSR count). The topological polar surface area (TPSA) is 72.5 Å². The second kappa shape index (κ2) is 7.68. The van der Waals surface area contributed by atoms with E-state index >= 15 is 0 Å². The number of ether oxygens (including phenoxy) is 1. The van der Waals surface area contributed by atoms with Crippen LogP contribution in [0.1, 0.15) is 5.56 Å². The number of hydrogen-bond donors (Lipinski definition) is 1. The minimum absolute atomic E-state index is 0.114. The number of carbonyl (C=O) groups is 1. The lowest BCUT2D eigenvalue weighted by molar-refractivity contribution is -0.166. The molecule has 0 aromatic heterocycles. The number of hydrogen-bond acceptors (Lipinski definition) is 4. The standard InChI is InChI=1S/C12H13ClF3NO4S/c13-22(19,20)8-10(12(14,15)16)6-17-11(18)21-7-9-4-2-1-3-5-9/h1-5,10H,6-8H2,(H,17,18). The molecule has 0 bridgehead atoms. The molecule has 22 heavy (non-hydrogen) atoms. The van der Waals surface area contributed by atoms with Crippen molar-refractivity contribution in [3.8, 4) is 0 Å². The third-order valence-electron chi connectivity index (χ3n) is 2.57. The fraction of sp³-hybridized carbons (Fsp3) is 0.417. The average molecular weight is 360 g/mol. The summed E-state index contributed by atoms with van der Waals surface area (Å²) in [6, 6.07) is 8.52. The Hall–Kier alpha value is -1.48. The second-order valence-electron chi connectivity index (χ2n) is 4.39. The fourth-order valence-corrected chi connectivity index (χ4v) is 2.73. The van der Waals surface area contributed by atoms with Crippen molar-refractivity contribution in [2.45, 2.75) is 12.8 Å². The highest BCUT2D eigenvalue weighted by molar-refractivity contribution is 8.13. The Morgan fingerprint density at radius 1 is 1.27 bits per heavy atom. The highest BCUT2D eigenvalue weighted by Crippen LogP contribution is 2.27. The van der Waals surface area contributed by atoms with Crippen molar-refractivity contribution < 1.29 is 31.1 Å². The van der Waals surface area contributed by atoms with Gasteiger partial charge >= 0.3 is 12.3 Å². The number of benzene rings is 1. The van der Waals surface area contributed by atoms with Crippen LogP contribution in [-0.2, 0) is 20.4 Å². The smallest absolute Gasteiger partial charge is 0.407 e. The van der Waals surface area contributed by atoms with Crippen molar-refractivity contribution in [2.24, 2.45) is 5.92 Å². The largest absolute Gasteiger partial charge is 0.445 e. The van der Waals surface area contributed by atoms with Gasteiger partial charge in [-0.2, -0.15) is 13.2 Å². The van der Waals surface area contributed by atoms with E-state index in [0.29, 0.717) is 5.56 Å². The number of nitrogens with one attached hydrogen (secondary N) is 1. The lowest BCUT2D eigenvalue weighted by atomic mass is 10.2. The molecule has 0 fully saturated rings. The molecule has 1 atom stereocenters. The fourth-order valence-electron chi connectivity index (χ4n) is 1.49. The van der Waals surface area contributed by atoms with Crippen LogP contribution < -0.4 is 5.32 Å². The molecule has 0 aliphatic rings. The Kier molecular flexibility index (Phi) is 6.48. The van der Waals surface area contributed by atoms with Crippen LogP contribution in [0.15, 0.2) is 30.3 Å². The minimum atomic E-state index is -4.81. The lowest BCUT2D eigenvalue weighted by Gasteiger charge is -2.19. The van der Waals surface area contributed by atoms with E-state index in [9.17, 15) is 26.4 Å². The van der Waals surface area contributed by atoms with E-state index in [4.69, 9.17) is 15.4 Å². The van der Waals surface area contributed by atoms with Gasteiger partial charge in [-0.05, 0) is 5.56 Å². The summed E-state index contributed by atoms with van der Waals surface area (Å²) in [5.41, 5.74) is 0.661. The van der Waals surface area contributed by atoms with E-state index < -0.39 is 39.5 Å². The summed E-state index contributed by atoms with van der Waals surface area (Å²) in [5, 5.41) is 1.88. The maximum Gasteiger partial charge on any atom is 0.407 e. The van der Waals surface area contributed by atoms with Gasteiger partial charge in [-0.1, -0.05) is 30.3 Å². The van der Waals surface area contributed by atoms with Crippen LogP contribution in [0, 0.1) is 5.92 Å². The van der Waals surface area contributed by atoms with Crippen LogP contribution in [0.25, 0.3) is 0 Å². The second-order valence-corrected chi connectivity index (χ2v) is 7.21. The summed E-state index contributed by atoms with van der Waals surface area (Å²) in [4.78, 5) is 11.3. The number of amides is 1. The predicted molar refractivity (Wildman–Crippen MR) is 73.8 cm³/mol. The van der Waals surface area contributed by atoms with Crippen LogP contribution in [-0.4, -0.2) is 33.0 Å². The molecular formula is C12H13ClF3NO4S. The first-order valence-electron chi connectivity index (χ1n) is 6.01. The van der Waals surface area contributed by atoms with Gasteiger partial charge in [0, 0.05) is 17.2 Å². The molecule has 1 aromatic carbocycles. The zero-order valence-corrected chi connectivity index (χ0v) is 12.7. The molecule has 0 spiro atoms. The lowest BCUT2D eigenvalue weighted by Crippen LogP contribution is -2.39. The Balaban J connectivity index is 2.49. The summed E-state index contributed by atoms with van der Waals surface area (Å²) in [5.74, 6) is -3.63. The van der Waals surface area contributed by atoms with Crippen LogP contribution in [0.5, 0.6) is 0 Å². The third kappa shape index (κ3) is 7.51. The molecule has 0 heterocycles. The van der Waals surface area contributed by atoms with Crippen molar-refractivity contribution >= 4 is 25.8 Å². The average Bonchev–Trinajstić information content (AvgIpc) is 2.40. The first kappa shape index (κ1) is 18.6. The van der Waals surface area contributed by atoms with Crippen LogP contribution >= 0.6 is 10.7 Å². The summed E-state index contributed by atoms with van der Waals surface area (Å²) < 4.78 is 64.2. The number of alkyl carbamates (subject to hydrolysis) is 1. The molecule has 0 saturated carbocycles. The van der Waals surface area contributed by atoms with E-state index in [0.717, 1.165) is 0 Å². The molecule has 1 unspecified atom stereocenters. The zero-order valence-electron chi connectivity index (χ0n) is 11.1. The zero-order chi connectivity index (χ0) is 16.8. The number of carbonyl (C=O) groups excluding carboxylic acids is 1. The monoisotopic (exact) mass is 359 g/mol. The molecule has 1 aromatic rings. The Morgan fingerprint density at radius 3 is 2.36 bits per heavy atom. The highest BCUT2D eigenvalue weighted by atomic mass is 35.7. The van der Waals surface area contributed by atoms with Gasteiger partial charge in [0.15, 0.2) is 0 Å². The van der Waals surface area contributed by atoms with Crippen LogP contribution in [0.3, 0.4) is 0 Å². The van der Waals surface area contributed by atoms with Crippen LogP contribution in [0.2, 0.25) is 0 Å². The summed E-state index contributed by atoms with van der Waals surface area (Å²) in [6.07, 6.45) is -5.89. The van der Waals surface area contributed by atoms with Gasteiger partial charge in [-0.25, -0.2) is 13.2 Å². The van der Waals surface area contributed by atoms with Gasteiger partial charge in [-0.3, -0.25) is 0 Å². The van der Waals surface area contributed by atoms with E-state index in [1.807, 2.05) is 5.32 Å². The molecule has 1 N–H and O–H groups in total. The molecule has 0 radical (unpaired) electrons. The summed E-state index contributed by atoms with van der Waals surface area (Å²) >= 11 is 0. The first-order valence-corrected chi connectivity index (χ1v) is 8.49. The highest BCUT2D eigenvalue weighted by Gasteiger charge is 2.42. The molecule has 1 amide bonds. The van der Waals surface area contributed by atoms with Crippen molar-refractivity contribution in [3.63, 3.8) is 0 Å². The molecule has 0 aliphatic carbocycles. The Labute approximate surface area is 129 Å². The van der Waals surface area contributed by atoms with Gasteiger partial charge in [-0.15, -0.1) is 0 Å². The van der Waals surface area contributed by atoms with Crippen molar-refractivity contribution in [3.05, 3.63) is 35.9 Å². The quantitative estimate of drug-likeness (QED) is 0.793. The summed E-state index contributed by atoms with van der Waals surface area (Å²) in [6.45, 7) is -1.06. The number of alkyl halides is 3. The molecule has 5 nitrogen and oxygen atoms in total. The van der Waals surface area contributed by atoms with Crippen molar-refractivity contribution in [1.29, 1.82) is 0 Å². The normalized spacial score (nSPS) is 13.5. The third-order valence-corrected chi connectivity index (χ3v) is 3.75. The van der Waals surface area contributed by atoms with E-state index in [1.54, 1.807) is 30.3 Å². The Morgan fingerprint density at radius 2 is 1.86 bits per heavy atom.